The Morgan fingerprint density at radius 3 is 2.65 bits per heavy atom. The Morgan fingerprint density at radius 2 is 2.10 bits per heavy atom. The molecule has 0 bridgehead atoms. The molecule has 110 valence electrons. The van der Waals surface area contributed by atoms with Gasteiger partial charge in [0.25, 0.3) is 0 Å². The molecule has 0 heterocycles. The standard InChI is InChI=1S/C14H19ClN2O3/c1-4-10(3)17(8-13(18)19)14(20)16-12-7-11(15)6-5-9(12)2/h5-7,10H,4,8H2,1-3H3,(H,16,20)(H,18,19). The number of rotatable bonds is 5. The second-order valence-corrected chi connectivity index (χ2v) is 5.10. The molecule has 2 N–H and O–H groups in total. The van der Waals surface area contributed by atoms with Gasteiger partial charge in [-0.15, -0.1) is 0 Å². The van der Waals surface area contributed by atoms with Crippen LogP contribution < -0.4 is 5.32 Å². The largest absolute Gasteiger partial charge is 0.480 e. The summed E-state index contributed by atoms with van der Waals surface area (Å²) in [6.07, 6.45) is 0.676. The number of aliphatic carboxylic acids is 1. The number of nitrogens with one attached hydrogen (secondary N) is 1. The zero-order valence-corrected chi connectivity index (χ0v) is 12.6. The van der Waals surface area contributed by atoms with Crippen LogP contribution in [0, 0.1) is 6.92 Å². The summed E-state index contributed by atoms with van der Waals surface area (Å²) in [6, 6.07) is 4.57. The van der Waals surface area contributed by atoms with Crippen molar-refractivity contribution in [3.63, 3.8) is 0 Å². The van der Waals surface area contributed by atoms with Crippen molar-refractivity contribution in [2.75, 3.05) is 11.9 Å². The highest BCUT2D eigenvalue weighted by Gasteiger charge is 2.22. The van der Waals surface area contributed by atoms with Crippen LogP contribution in [0.4, 0.5) is 10.5 Å². The molecule has 0 aliphatic carbocycles. The van der Waals surface area contributed by atoms with Crippen molar-refractivity contribution in [1.82, 2.24) is 4.90 Å². The summed E-state index contributed by atoms with van der Waals surface area (Å²) in [7, 11) is 0. The maximum atomic E-state index is 12.2. The number of nitrogens with zero attached hydrogens (tertiary/aromatic N) is 1. The Bertz CT molecular complexity index is 505. The predicted octanol–water partition coefficient (Wildman–Crippen LogP) is 3.37. The summed E-state index contributed by atoms with van der Waals surface area (Å²) >= 11 is 5.89. The maximum absolute atomic E-state index is 12.2. The van der Waals surface area contributed by atoms with Gasteiger partial charge in [0.15, 0.2) is 0 Å². The normalized spacial score (nSPS) is 11.8. The fourth-order valence-electron chi connectivity index (χ4n) is 1.71. The molecule has 5 nitrogen and oxygen atoms in total. The number of carboxylic acids is 1. The van der Waals surface area contributed by atoms with Crippen LogP contribution in [0.3, 0.4) is 0 Å². The van der Waals surface area contributed by atoms with Crippen molar-refractivity contribution < 1.29 is 14.7 Å². The van der Waals surface area contributed by atoms with E-state index in [0.717, 1.165) is 5.56 Å². The van der Waals surface area contributed by atoms with Crippen LogP contribution in [0.15, 0.2) is 18.2 Å². The van der Waals surface area contributed by atoms with Crippen molar-refractivity contribution in [3.8, 4) is 0 Å². The Balaban J connectivity index is 2.90. The first-order valence-corrected chi connectivity index (χ1v) is 6.78. The molecule has 1 unspecified atom stereocenters. The van der Waals surface area contributed by atoms with Gasteiger partial charge in [-0.25, -0.2) is 4.79 Å². The molecule has 0 fully saturated rings. The lowest BCUT2D eigenvalue weighted by molar-refractivity contribution is -0.138. The summed E-state index contributed by atoms with van der Waals surface area (Å²) in [5, 5.41) is 12.1. The quantitative estimate of drug-likeness (QED) is 0.875. The minimum atomic E-state index is -1.04. The Labute approximate surface area is 123 Å². The van der Waals surface area contributed by atoms with E-state index in [9.17, 15) is 9.59 Å². The molecule has 0 saturated carbocycles. The third kappa shape index (κ3) is 4.42. The lowest BCUT2D eigenvalue weighted by Gasteiger charge is -2.27. The number of carbonyl (C=O) groups excluding carboxylic acids is 1. The van der Waals surface area contributed by atoms with Gasteiger partial charge < -0.3 is 15.3 Å². The van der Waals surface area contributed by atoms with E-state index in [-0.39, 0.29) is 12.6 Å². The average Bonchev–Trinajstić information content (AvgIpc) is 2.39. The fourth-order valence-corrected chi connectivity index (χ4v) is 1.88. The van der Waals surface area contributed by atoms with E-state index in [1.54, 1.807) is 18.2 Å². The van der Waals surface area contributed by atoms with Crippen molar-refractivity contribution in [1.29, 1.82) is 0 Å². The van der Waals surface area contributed by atoms with Crippen molar-refractivity contribution in [2.45, 2.75) is 33.2 Å². The average molecular weight is 299 g/mol. The molecule has 0 aliphatic heterocycles. The van der Waals surface area contributed by atoms with Crippen LogP contribution in [0.5, 0.6) is 0 Å². The lowest BCUT2D eigenvalue weighted by Crippen LogP contribution is -2.44. The summed E-state index contributed by atoms with van der Waals surface area (Å²) < 4.78 is 0. The van der Waals surface area contributed by atoms with E-state index in [1.807, 2.05) is 20.8 Å². The molecular formula is C14H19ClN2O3. The summed E-state index contributed by atoms with van der Waals surface area (Å²) in [4.78, 5) is 24.4. The number of benzene rings is 1. The van der Waals surface area contributed by atoms with Gasteiger partial charge in [0, 0.05) is 16.8 Å². The SMILES string of the molecule is CCC(C)N(CC(=O)O)C(=O)Nc1cc(Cl)ccc1C. The van der Waals surface area contributed by atoms with Gasteiger partial charge in [0.2, 0.25) is 0 Å². The molecule has 0 aromatic heterocycles. The monoisotopic (exact) mass is 298 g/mol. The van der Waals surface area contributed by atoms with Gasteiger partial charge in [0.05, 0.1) is 0 Å². The van der Waals surface area contributed by atoms with E-state index in [0.29, 0.717) is 17.1 Å². The summed E-state index contributed by atoms with van der Waals surface area (Å²) in [6.45, 7) is 5.22. The minimum Gasteiger partial charge on any atom is -0.480 e. The zero-order valence-electron chi connectivity index (χ0n) is 11.8. The van der Waals surface area contributed by atoms with Crippen molar-refractivity contribution in [2.24, 2.45) is 0 Å². The first kappa shape index (κ1) is 16.3. The second kappa shape index (κ2) is 7.14. The van der Waals surface area contributed by atoms with Gasteiger partial charge in [-0.2, -0.15) is 0 Å². The predicted molar refractivity (Wildman–Crippen MR) is 79.3 cm³/mol. The maximum Gasteiger partial charge on any atom is 0.323 e. The molecule has 0 radical (unpaired) electrons. The molecule has 1 aromatic rings. The molecular weight excluding hydrogens is 280 g/mol. The number of carboxylic acid groups (broad SMARTS) is 1. The second-order valence-electron chi connectivity index (χ2n) is 4.67. The highest BCUT2D eigenvalue weighted by molar-refractivity contribution is 6.31. The summed E-state index contributed by atoms with van der Waals surface area (Å²) in [5.41, 5.74) is 1.45. The zero-order chi connectivity index (χ0) is 15.3. The minimum absolute atomic E-state index is 0.161. The van der Waals surface area contributed by atoms with Crippen LogP contribution >= 0.6 is 11.6 Å². The van der Waals surface area contributed by atoms with Crippen LogP contribution in [0.1, 0.15) is 25.8 Å². The number of hydrogen-bond acceptors (Lipinski definition) is 2. The van der Waals surface area contributed by atoms with Crippen LogP contribution in [-0.4, -0.2) is 34.6 Å². The van der Waals surface area contributed by atoms with Crippen LogP contribution in [0.2, 0.25) is 5.02 Å². The molecule has 1 atom stereocenters. The molecule has 0 spiro atoms. The molecule has 1 rings (SSSR count). The van der Waals surface area contributed by atoms with E-state index in [1.165, 1.54) is 4.90 Å². The molecule has 0 aliphatic rings. The van der Waals surface area contributed by atoms with Crippen molar-refractivity contribution >= 4 is 29.3 Å². The van der Waals surface area contributed by atoms with Gasteiger partial charge in [-0.05, 0) is 38.0 Å². The fraction of sp³-hybridized carbons (Fsp3) is 0.429. The number of carbonyl (C=O) groups is 2. The highest BCUT2D eigenvalue weighted by atomic mass is 35.5. The molecule has 2 amide bonds. The van der Waals surface area contributed by atoms with Crippen LogP contribution in [0.25, 0.3) is 0 Å². The molecule has 6 heteroatoms. The first-order valence-electron chi connectivity index (χ1n) is 6.40. The number of amides is 2. The number of halogens is 1. The van der Waals surface area contributed by atoms with Gasteiger partial charge in [-0.3, -0.25) is 4.79 Å². The highest BCUT2D eigenvalue weighted by Crippen LogP contribution is 2.21. The molecule has 1 aromatic carbocycles. The number of urea groups is 1. The van der Waals surface area contributed by atoms with Gasteiger partial charge in [-0.1, -0.05) is 24.6 Å². The van der Waals surface area contributed by atoms with E-state index >= 15 is 0 Å². The Morgan fingerprint density at radius 1 is 1.45 bits per heavy atom. The third-order valence-corrected chi connectivity index (χ3v) is 3.37. The van der Waals surface area contributed by atoms with Crippen LogP contribution in [-0.2, 0) is 4.79 Å². The number of anilines is 1. The Hall–Kier alpha value is -1.75. The summed E-state index contributed by atoms with van der Waals surface area (Å²) in [5.74, 6) is -1.04. The smallest absolute Gasteiger partial charge is 0.323 e. The van der Waals surface area contributed by atoms with Gasteiger partial charge in [0.1, 0.15) is 6.54 Å². The first-order chi connectivity index (χ1) is 9.35. The van der Waals surface area contributed by atoms with E-state index in [2.05, 4.69) is 5.32 Å². The van der Waals surface area contributed by atoms with Gasteiger partial charge >= 0.3 is 12.0 Å². The number of hydrogen-bond donors (Lipinski definition) is 2. The topological polar surface area (TPSA) is 69.6 Å². The molecule has 20 heavy (non-hydrogen) atoms. The third-order valence-electron chi connectivity index (χ3n) is 3.13. The Kier molecular flexibility index (Phi) is 5.82. The number of aryl methyl sites for hydroxylation is 1. The van der Waals surface area contributed by atoms with E-state index in [4.69, 9.17) is 16.7 Å². The van der Waals surface area contributed by atoms with E-state index < -0.39 is 12.0 Å². The molecule has 0 saturated heterocycles. The lowest BCUT2D eigenvalue weighted by atomic mass is 10.2. The van der Waals surface area contributed by atoms with Crippen molar-refractivity contribution in [3.05, 3.63) is 28.8 Å².